The van der Waals surface area contributed by atoms with E-state index < -0.39 is 0 Å². The zero-order valence-electron chi connectivity index (χ0n) is 5.73. The quantitative estimate of drug-likeness (QED) is 0.513. The first-order chi connectivity index (χ1) is 3.66. The van der Waals surface area contributed by atoms with Crippen LogP contribution in [0.1, 0.15) is 20.8 Å². The van der Waals surface area contributed by atoms with Crippen LogP contribution >= 0.6 is 0 Å². The molecule has 0 aromatic heterocycles. The lowest BCUT2D eigenvalue weighted by atomic mass is 10.2. The van der Waals surface area contributed by atoms with Gasteiger partial charge in [0.25, 0.3) is 0 Å². The van der Waals surface area contributed by atoms with Gasteiger partial charge < -0.3 is 5.73 Å². The van der Waals surface area contributed by atoms with E-state index in [1.165, 1.54) is 5.57 Å². The number of hydrogen-bond acceptors (Lipinski definition) is 1. The molecule has 0 aromatic rings. The van der Waals surface area contributed by atoms with Crippen molar-refractivity contribution in [3.05, 3.63) is 23.4 Å². The minimum absolute atomic E-state index is 0.862. The first kappa shape index (κ1) is 7.28. The van der Waals surface area contributed by atoms with Gasteiger partial charge in [-0.2, -0.15) is 0 Å². The lowest BCUT2D eigenvalue weighted by Crippen LogP contribution is -1.89. The van der Waals surface area contributed by atoms with Crippen molar-refractivity contribution in [3.8, 4) is 0 Å². The Morgan fingerprint density at radius 2 is 1.88 bits per heavy atom. The van der Waals surface area contributed by atoms with Gasteiger partial charge in [0.05, 0.1) is 0 Å². The van der Waals surface area contributed by atoms with Crippen molar-refractivity contribution in [2.24, 2.45) is 5.73 Å². The highest BCUT2D eigenvalue weighted by Gasteiger charge is 1.77. The van der Waals surface area contributed by atoms with Gasteiger partial charge >= 0.3 is 0 Å². The Labute approximate surface area is 50.9 Å². The third kappa shape index (κ3) is 3.47. The third-order valence-electron chi connectivity index (χ3n) is 0.911. The Morgan fingerprint density at radius 3 is 2.00 bits per heavy atom. The fourth-order valence-electron chi connectivity index (χ4n) is 0.442. The second kappa shape index (κ2) is 3.30. The maximum Gasteiger partial charge on any atom is 0.00514 e. The summed E-state index contributed by atoms with van der Waals surface area (Å²) >= 11 is 0. The molecule has 0 saturated heterocycles. The highest BCUT2D eigenvalue weighted by atomic mass is 14.5. The predicted octanol–water partition coefficient (Wildman–Crippen LogP) is 1.82. The lowest BCUT2D eigenvalue weighted by Gasteiger charge is -1.89. The molecule has 0 aromatic carbocycles. The van der Waals surface area contributed by atoms with Gasteiger partial charge in [-0.3, -0.25) is 0 Å². The molecule has 0 radical (unpaired) electrons. The van der Waals surface area contributed by atoms with Crippen LogP contribution in [0.25, 0.3) is 0 Å². The van der Waals surface area contributed by atoms with Gasteiger partial charge in [0.1, 0.15) is 0 Å². The van der Waals surface area contributed by atoms with Crippen LogP contribution < -0.4 is 5.73 Å². The number of nitrogens with two attached hydrogens (primary N) is 1. The molecule has 0 aliphatic heterocycles. The van der Waals surface area contributed by atoms with Gasteiger partial charge in [-0.15, -0.1) is 0 Å². The van der Waals surface area contributed by atoms with E-state index in [4.69, 9.17) is 5.73 Å². The first-order valence-electron chi connectivity index (χ1n) is 2.73. The average Bonchev–Trinajstić information content (AvgIpc) is 1.65. The monoisotopic (exact) mass is 111 g/mol. The Balaban J connectivity index is 3.89. The Kier molecular flexibility index (Phi) is 3.01. The summed E-state index contributed by atoms with van der Waals surface area (Å²) in [6.07, 6.45) is 3.97. The molecule has 0 fully saturated rings. The number of rotatable bonds is 1. The molecule has 1 heteroatoms. The van der Waals surface area contributed by atoms with Gasteiger partial charge in [0, 0.05) is 5.70 Å². The van der Waals surface area contributed by atoms with Crippen LogP contribution in [0.3, 0.4) is 0 Å². The minimum Gasteiger partial charge on any atom is -0.402 e. The summed E-state index contributed by atoms with van der Waals surface area (Å²) in [6, 6.07) is 0. The standard InChI is InChI=1S/C7H13N/c1-4-6(2)5-7(3)8/h4-5H,8H2,1-3H3/b6-4+,7-5-. The molecule has 0 rings (SSSR count). The summed E-state index contributed by atoms with van der Waals surface area (Å²) in [5.41, 5.74) is 7.46. The van der Waals surface area contributed by atoms with Crippen LogP contribution in [0.15, 0.2) is 23.4 Å². The van der Waals surface area contributed by atoms with E-state index in [0.717, 1.165) is 5.70 Å². The van der Waals surface area contributed by atoms with Crippen LogP contribution in [-0.4, -0.2) is 0 Å². The fourth-order valence-corrected chi connectivity index (χ4v) is 0.442. The zero-order chi connectivity index (χ0) is 6.57. The van der Waals surface area contributed by atoms with Crippen molar-refractivity contribution >= 4 is 0 Å². The SMILES string of the molecule is C/C=C(C)/C=C(/C)N. The summed E-state index contributed by atoms with van der Waals surface area (Å²) in [6.45, 7) is 5.90. The van der Waals surface area contributed by atoms with Crippen LogP contribution in [0, 0.1) is 0 Å². The van der Waals surface area contributed by atoms with E-state index in [9.17, 15) is 0 Å². The normalized spacial score (nSPS) is 14.4. The molecule has 0 saturated carbocycles. The van der Waals surface area contributed by atoms with E-state index in [-0.39, 0.29) is 0 Å². The predicted molar refractivity (Wildman–Crippen MR) is 37.4 cm³/mol. The summed E-state index contributed by atoms with van der Waals surface area (Å²) in [7, 11) is 0. The van der Waals surface area contributed by atoms with E-state index in [0.29, 0.717) is 0 Å². The molecule has 46 valence electrons. The van der Waals surface area contributed by atoms with Gasteiger partial charge in [0.15, 0.2) is 0 Å². The van der Waals surface area contributed by atoms with Gasteiger partial charge in [0.2, 0.25) is 0 Å². The molecule has 8 heavy (non-hydrogen) atoms. The van der Waals surface area contributed by atoms with Crippen LogP contribution in [0.5, 0.6) is 0 Å². The molecule has 0 amide bonds. The first-order valence-corrected chi connectivity index (χ1v) is 2.73. The summed E-state index contributed by atoms with van der Waals surface area (Å²) in [4.78, 5) is 0. The second-order valence-electron chi connectivity index (χ2n) is 1.92. The molecule has 0 heterocycles. The van der Waals surface area contributed by atoms with Crippen LogP contribution in [0.2, 0.25) is 0 Å². The van der Waals surface area contributed by atoms with Crippen molar-refractivity contribution in [3.63, 3.8) is 0 Å². The molecule has 0 spiro atoms. The molecular formula is C7H13N. The Bertz CT molecular complexity index is 116. The summed E-state index contributed by atoms with van der Waals surface area (Å²) in [5, 5.41) is 0. The minimum atomic E-state index is 0.862. The average molecular weight is 111 g/mol. The maximum atomic E-state index is 5.39. The molecule has 0 aliphatic rings. The molecule has 0 atom stereocenters. The Hall–Kier alpha value is -0.720. The lowest BCUT2D eigenvalue weighted by molar-refractivity contribution is 1.28. The number of allylic oxidation sites excluding steroid dienone is 4. The molecule has 2 N–H and O–H groups in total. The van der Waals surface area contributed by atoms with E-state index >= 15 is 0 Å². The maximum absolute atomic E-state index is 5.39. The summed E-state index contributed by atoms with van der Waals surface area (Å²) < 4.78 is 0. The summed E-state index contributed by atoms with van der Waals surface area (Å²) in [5.74, 6) is 0. The zero-order valence-corrected chi connectivity index (χ0v) is 5.73. The molecular weight excluding hydrogens is 98.1 g/mol. The molecule has 0 unspecified atom stereocenters. The largest absolute Gasteiger partial charge is 0.402 e. The highest BCUT2D eigenvalue weighted by molar-refractivity contribution is 5.17. The van der Waals surface area contributed by atoms with Gasteiger partial charge in [-0.1, -0.05) is 11.6 Å². The van der Waals surface area contributed by atoms with E-state index in [2.05, 4.69) is 0 Å². The van der Waals surface area contributed by atoms with Crippen molar-refractivity contribution in [2.75, 3.05) is 0 Å². The molecule has 0 bridgehead atoms. The van der Waals surface area contributed by atoms with Gasteiger partial charge in [-0.05, 0) is 26.8 Å². The second-order valence-corrected chi connectivity index (χ2v) is 1.92. The van der Waals surface area contributed by atoms with Crippen LogP contribution in [0.4, 0.5) is 0 Å². The van der Waals surface area contributed by atoms with Crippen molar-refractivity contribution < 1.29 is 0 Å². The van der Waals surface area contributed by atoms with E-state index in [1.54, 1.807) is 0 Å². The van der Waals surface area contributed by atoms with Crippen molar-refractivity contribution in [1.29, 1.82) is 0 Å². The number of hydrogen-bond donors (Lipinski definition) is 1. The Morgan fingerprint density at radius 1 is 1.38 bits per heavy atom. The van der Waals surface area contributed by atoms with Crippen molar-refractivity contribution in [2.45, 2.75) is 20.8 Å². The fraction of sp³-hybridized carbons (Fsp3) is 0.429. The smallest absolute Gasteiger partial charge is 0.00514 e. The van der Waals surface area contributed by atoms with Gasteiger partial charge in [-0.25, -0.2) is 0 Å². The van der Waals surface area contributed by atoms with Crippen LogP contribution in [-0.2, 0) is 0 Å². The molecule has 1 nitrogen and oxygen atoms in total. The van der Waals surface area contributed by atoms with E-state index in [1.807, 2.05) is 32.9 Å². The highest BCUT2D eigenvalue weighted by Crippen LogP contribution is 1.94. The van der Waals surface area contributed by atoms with Crippen molar-refractivity contribution in [1.82, 2.24) is 0 Å². The molecule has 0 aliphatic carbocycles. The third-order valence-corrected chi connectivity index (χ3v) is 0.911. The topological polar surface area (TPSA) is 26.0 Å².